The molecular weight excluding hydrogens is 523 g/mol. The largest absolute Gasteiger partial charge is 0.393 e. The number of fused-ring (bicyclic) bond motifs is 1. The fraction of sp³-hybridized carbons (Fsp3) is 1.00. The molecule has 0 aromatic rings. The highest BCUT2D eigenvalue weighted by atomic mass is 32.2. The van der Waals surface area contributed by atoms with E-state index in [-0.39, 0.29) is 18.9 Å². The lowest BCUT2D eigenvalue weighted by molar-refractivity contribution is -0.394. The molecule has 226 valence electrons. The van der Waals surface area contributed by atoms with Crippen LogP contribution in [0.2, 0.25) is 0 Å². The Balaban J connectivity index is 1.29. The van der Waals surface area contributed by atoms with E-state index in [1.807, 2.05) is 0 Å². The number of nitrogens with zero attached hydrogens (tertiary/aromatic N) is 2. The average Bonchev–Trinajstić information content (AvgIpc) is 2.89. The van der Waals surface area contributed by atoms with Crippen LogP contribution in [0.4, 0.5) is 13.2 Å². The highest BCUT2D eigenvalue weighted by Gasteiger charge is 2.56. The molecule has 5 unspecified atom stereocenters. The first-order chi connectivity index (χ1) is 18.5. The molecule has 0 radical (unpaired) electrons. The summed E-state index contributed by atoms with van der Waals surface area (Å²) in [7, 11) is -4.02. The Bertz CT molecular complexity index is 923. The predicted octanol–water partition coefficient (Wildman–Crippen LogP) is 5.32. The van der Waals surface area contributed by atoms with Crippen molar-refractivity contribution in [3.05, 3.63) is 0 Å². The van der Waals surface area contributed by atoms with Gasteiger partial charge in [0.1, 0.15) is 0 Å². The summed E-state index contributed by atoms with van der Waals surface area (Å²) in [5.41, 5.74) is 4.28. The van der Waals surface area contributed by atoms with Crippen LogP contribution in [0.25, 0.3) is 0 Å². The number of hydrogen-bond donors (Lipinski definition) is 1. The van der Waals surface area contributed by atoms with Crippen molar-refractivity contribution in [2.75, 3.05) is 26.2 Å². The van der Waals surface area contributed by atoms with E-state index in [9.17, 15) is 21.6 Å². The Kier molecular flexibility index (Phi) is 9.32. The van der Waals surface area contributed by atoms with Crippen molar-refractivity contribution >= 4 is 10.0 Å². The van der Waals surface area contributed by atoms with E-state index >= 15 is 0 Å². The zero-order valence-electron chi connectivity index (χ0n) is 24.3. The van der Waals surface area contributed by atoms with Crippen molar-refractivity contribution in [2.45, 2.75) is 121 Å². The van der Waals surface area contributed by atoms with Gasteiger partial charge in [-0.05, 0) is 99.8 Å². The molecule has 3 saturated carbocycles. The van der Waals surface area contributed by atoms with Crippen molar-refractivity contribution < 1.29 is 27.3 Å². The number of sulfonamides is 1. The second-order valence-corrected chi connectivity index (χ2v) is 16.1. The summed E-state index contributed by atoms with van der Waals surface area (Å²) in [5.74, 6) is 2.53. The van der Waals surface area contributed by atoms with E-state index in [4.69, 9.17) is 0 Å². The SMILES string of the molecule is CC1CCCC(C2CCC([C@@H]3[C@@H](C[NH3+])N4CCCCN(S(=O)(=O)C5CCCCC5C(F)(F)F)C[C@@H]34)CC2)C1C. The molecule has 0 aromatic carbocycles. The van der Waals surface area contributed by atoms with Crippen LogP contribution in [-0.2, 0) is 10.0 Å². The molecule has 0 bridgehead atoms. The van der Waals surface area contributed by atoms with Crippen molar-refractivity contribution in [2.24, 2.45) is 41.4 Å². The summed E-state index contributed by atoms with van der Waals surface area (Å²) in [6.45, 7) is 7.38. The molecule has 0 aromatic heterocycles. The molecule has 0 spiro atoms. The van der Waals surface area contributed by atoms with Gasteiger partial charge in [-0.25, -0.2) is 12.7 Å². The summed E-state index contributed by atoms with van der Waals surface area (Å²) < 4.78 is 70.9. The third-order valence-corrected chi connectivity index (χ3v) is 14.5. The molecule has 39 heavy (non-hydrogen) atoms. The Hall–Kier alpha value is -0.380. The minimum atomic E-state index is -4.46. The summed E-state index contributed by atoms with van der Waals surface area (Å²) in [6.07, 6.45) is 7.29. The second-order valence-electron chi connectivity index (χ2n) is 13.9. The van der Waals surface area contributed by atoms with Gasteiger partial charge in [-0.3, -0.25) is 4.90 Å². The Morgan fingerprint density at radius 2 is 1.49 bits per heavy atom. The van der Waals surface area contributed by atoms with Crippen LogP contribution in [0.3, 0.4) is 0 Å². The molecule has 5 fully saturated rings. The van der Waals surface area contributed by atoms with E-state index in [1.54, 1.807) is 0 Å². The number of halogens is 3. The van der Waals surface area contributed by atoms with Gasteiger partial charge in [-0.2, -0.15) is 13.2 Å². The maximum Gasteiger partial charge on any atom is 0.393 e. The van der Waals surface area contributed by atoms with Crippen molar-refractivity contribution in [1.82, 2.24) is 9.21 Å². The van der Waals surface area contributed by atoms with Crippen LogP contribution < -0.4 is 5.73 Å². The monoisotopic (exact) mass is 576 g/mol. The molecule has 8 atom stereocenters. The van der Waals surface area contributed by atoms with E-state index in [0.717, 1.165) is 43.2 Å². The molecular formula is C30H53F3N3O2S+. The first kappa shape index (κ1) is 30.1. The van der Waals surface area contributed by atoms with Crippen LogP contribution in [0.15, 0.2) is 0 Å². The second kappa shape index (κ2) is 12.1. The topological polar surface area (TPSA) is 68.3 Å². The van der Waals surface area contributed by atoms with Gasteiger partial charge < -0.3 is 5.73 Å². The smallest absolute Gasteiger partial charge is 0.356 e. The lowest BCUT2D eigenvalue weighted by Crippen LogP contribution is -2.76. The lowest BCUT2D eigenvalue weighted by Gasteiger charge is -2.59. The van der Waals surface area contributed by atoms with E-state index in [2.05, 4.69) is 24.5 Å². The highest BCUT2D eigenvalue weighted by molar-refractivity contribution is 7.89. The fourth-order valence-corrected chi connectivity index (χ4v) is 12.1. The van der Waals surface area contributed by atoms with Gasteiger partial charge in [0, 0.05) is 19.1 Å². The quantitative estimate of drug-likeness (QED) is 0.482. The molecule has 5 aliphatic rings. The third kappa shape index (κ3) is 5.94. The number of rotatable bonds is 5. The van der Waals surface area contributed by atoms with Crippen LogP contribution >= 0.6 is 0 Å². The first-order valence-corrected chi connectivity index (χ1v) is 17.6. The van der Waals surface area contributed by atoms with Gasteiger partial charge >= 0.3 is 6.18 Å². The van der Waals surface area contributed by atoms with Crippen LogP contribution in [0.5, 0.6) is 0 Å². The molecule has 3 N–H and O–H groups in total. The van der Waals surface area contributed by atoms with Gasteiger partial charge in [0.25, 0.3) is 0 Å². The van der Waals surface area contributed by atoms with Gasteiger partial charge in [-0.15, -0.1) is 0 Å². The number of quaternary nitrogens is 1. The molecule has 2 saturated heterocycles. The minimum absolute atomic E-state index is 0.0649. The number of hydrogen-bond acceptors (Lipinski definition) is 3. The summed E-state index contributed by atoms with van der Waals surface area (Å²) in [4.78, 5) is 2.47. The summed E-state index contributed by atoms with van der Waals surface area (Å²) >= 11 is 0. The molecule has 2 heterocycles. The Morgan fingerprint density at radius 3 is 2.18 bits per heavy atom. The van der Waals surface area contributed by atoms with E-state index in [0.29, 0.717) is 50.2 Å². The van der Waals surface area contributed by atoms with Crippen LogP contribution in [0.1, 0.15) is 97.3 Å². The van der Waals surface area contributed by atoms with Crippen LogP contribution in [-0.4, -0.2) is 67.3 Å². The Morgan fingerprint density at radius 1 is 0.821 bits per heavy atom. The lowest BCUT2D eigenvalue weighted by atomic mass is 9.60. The molecule has 3 aliphatic carbocycles. The zero-order valence-corrected chi connectivity index (χ0v) is 25.1. The minimum Gasteiger partial charge on any atom is -0.356 e. The van der Waals surface area contributed by atoms with Gasteiger partial charge in [0.05, 0.1) is 23.8 Å². The molecule has 5 nitrogen and oxygen atoms in total. The first-order valence-electron chi connectivity index (χ1n) is 16.1. The van der Waals surface area contributed by atoms with Gasteiger partial charge in [0.2, 0.25) is 10.0 Å². The normalized spacial score (nSPS) is 43.6. The van der Waals surface area contributed by atoms with Gasteiger partial charge in [0.15, 0.2) is 0 Å². The summed E-state index contributed by atoms with van der Waals surface area (Å²) in [6, 6.07) is 0.500. The molecule has 0 amide bonds. The van der Waals surface area contributed by atoms with Crippen LogP contribution in [0, 0.1) is 41.4 Å². The number of alkyl halides is 3. The molecule has 2 aliphatic heterocycles. The maximum atomic E-state index is 13.9. The highest BCUT2D eigenvalue weighted by Crippen LogP contribution is 2.50. The Labute approximate surface area is 234 Å². The van der Waals surface area contributed by atoms with Crippen molar-refractivity contribution in [3.8, 4) is 0 Å². The van der Waals surface area contributed by atoms with Crippen molar-refractivity contribution in [3.63, 3.8) is 0 Å². The summed E-state index contributed by atoms with van der Waals surface area (Å²) in [5, 5.41) is -1.32. The fourth-order valence-electron chi connectivity index (χ4n) is 9.77. The van der Waals surface area contributed by atoms with Gasteiger partial charge in [-0.1, -0.05) is 39.5 Å². The molecule has 9 heteroatoms. The maximum absolute atomic E-state index is 13.9. The van der Waals surface area contributed by atoms with Crippen molar-refractivity contribution in [1.29, 1.82) is 0 Å². The van der Waals surface area contributed by atoms with E-state index in [1.165, 1.54) is 49.3 Å². The standard InChI is InChI=1S/C30H52F3N3O2S/c1-20-8-7-9-24(21(20)2)22-12-14-23(15-13-22)29-26(18-34)36-17-6-5-16-35(19-27(29)36)39(37,38)28-11-4-3-10-25(28)30(31,32)33/h20-29H,3-19,34H2,1-2H3/p+1/t20?,21?,22?,23?,24?,25?,26-,27+,28?,29-/m1/s1. The van der Waals surface area contributed by atoms with E-state index < -0.39 is 27.4 Å². The third-order valence-electron chi connectivity index (χ3n) is 12.1. The average molecular weight is 577 g/mol. The predicted molar refractivity (Wildman–Crippen MR) is 148 cm³/mol. The molecule has 5 rings (SSSR count). The zero-order chi connectivity index (χ0) is 27.9.